The normalized spacial score (nSPS) is 14.0. The summed E-state index contributed by atoms with van der Waals surface area (Å²) in [7, 11) is 3.26. The molecule has 7 heteroatoms. The summed E-state index contributed by atoms with van der Waals surface area (Å²) < 4.78 is 16.3. The maximum Gasteiger partial charge on any atom is 0.251 e. The number of rotatable bonds is 10. The first-order valence-corrected chi connectivity index (χ1v) is 8.57. The van der Waals surface area contributed by atoms with Crippen LogP contribution < -0.4 is 20.1 Å². The van der Waals surface area contributed by atoms with Crippen LogP contribution in [0.3, 0.4) is 0 Å². The van der Waals surface area contributed by atoms with Gasteiger partial charge in [0.05, 0.1) is 19.8 Å². The Balaban J connectivity index is 0.00000312. The molecule has 0 spiro atoms. The van der Waals surface area contributed by atoms with Crippen LogP contribution in [-0.4, -0.2) is 52.5 Å². The summed E-state index contributed by atoms with van der Waals surface area (Å²) in [4.78, 5) is 12.2. The molecular formula is C18H29ClN2O4. The van der Waals surface area contributed by atoms with Crippen LogP contribution in [-0.2, 0) is 4.74 Å². The van der Waals surface area contributed by atoms with Gasteiger partial charge in [0.15, 0.2) is 11.5 Å². The predicted molar refractivity (Wildman–Crippen MR) is 100 cm³/mol. The van der Waals surface area contributed by atoms with Gasteiger partial charge < -0.3 is 24.8 Å². The van der Waals surface area contributed by atoms with E-state index < -0.39 is 0 Å². The van der Waals surface area contributed by atoms with Crippen molar-refractivity contribution in [2.75, 3.05) is 40.5 Å². The summed E-state index contributed by atoms with van der Waals surface area (Å²) in [5, 5.41) is 6.06. The fourth-order valence-electron chi connectivity index (χ4n) is 2.76. The van der Waals surface area contributed by atoms with E-state index in [2.05, 4.69) is 10.6 Å². The predicted octanol–water partition coefficient (Wildman–Crippen LogP) is 2.40. The van der Waals surface area contributed by atoms with E-state index in [1.54, 1.807) is 26.4 Å². The third kappa shape index (κ3) is 7.10. The van der Waals surface area contributed by atoms with E-state index in [4.69, 9.17) is 14.2 Å². The maximum absolute atomic E-state index is 12.2. The van der Waals surface area contributed by atoms with Gasteiger partial charge in [0.1, 0.15) is 0 Å². The van der Waals surface area contributed by atoms with Gasteiger partial charge in [-0.3, -0.25) is 4.79 Å². The molecule has 1 aliphatic carbocycles. The first-order chi connectivity index (χ1) is 11.7. The maximum atomic E-state index is 12.2. The lowest BCUT2D eigenvalue weighted by Crippen LogP contribution is -2.33. The fraction of sp³-hybridized carbons (Fsp3) is 0.611. The van der Waals surface area contributed by atoms with Crippen LogP contribution >= 0.6 is 12.4 Å². The molecule has 1 aromatic rings. The molecule has 0 saturated heterocycles. The molecule has 1 aromatic carbocycles. The zero-order chi connectivity index (χ0) is 17.2. The molecule has 0 atom stereocenters. The molecule has 2 rings (SSSR count). The zero-order valence-electron chi connectivity index (χ0n) is 15.0. The molecule has 1 aliphatic rings. The number of hydrogen-bond acceptors (Lipinski definition) is 5. The monoisotopic (exact) mass is 372 g/mol. The van der Waals surface area contributed by atoms with Gasteiger partial charge in [-0.25, -0.2) is 0 Å². The molecular weight excluding hydrogens is 344 g/mol. The van der Waals surface area contributed by atoms with Crippen molar-refractivity contribution in [3.63, 3.8) is 0 Å². The second kappa shape index (κ2) is 12.0. The standard InChI is InChI=1S/C18H28N2O4.ClH/c1-22-12-11-19-9-10-20-18(21)14-7-8-16(17(13-14)23-2)24-15-5-3-4-6-15;/h7-8,13,15,19H,3-6,9-12H2,1-2H3,(H,20,21);1H. The van der Waals surface area contributed by atoms with Crippen molar-refractivity contribution < 1.29 is 19.0 Å². The second-order valence-corrected chi connectivity index (χ2v) is 5.89. The summed E-state index contributed by atoms with van der Waals surface area (Å²) in [5.41, 5.74) is 0.572. The number of amides is 1. The van der Waals surface area contributed by atoms with Gasteiger partial charge in [0.25, 0.3) is 5.91 Å². The van der Waals surface area contributed by atoms with Crippen molar-refractivity contribution in [2.45, 2.75) is 31.8 Å². The smallest absolute Gasteiger partial charge is 0.251 e. The van der Waals surface area contributed by atoms with Crippen molar-refractivity contribution in [2.24, 2.45) is 0 Å². The van der Waals surface area contributed by atoms with Crippen molar-refractivity contribution in [3.8, 4) is 11.5 Å². The molecule has 6 nitrogen and oxygen atoms in total. The summed E-state index contributed by atoms with van der Waals surface area (Å²) in [6, 6.07) is 5.33. The Morgan fingerprint density at radius 1 is 1.12 bits per heavy atom. The second-order valence-electron chi connectivity index (χ2n) is 5.89. The van der Waals surface area contributed by atoms with Crippen LogP contribution in [0, 0.1) is 0 Å². The number of ether oxygens (including phenoxy) is 3. The lowest BCUT2D eigenvalue weighted by molar-refractivity contribution is 0.0953. The fourth-order valence-corrected chi connectivity index (χ4v) is 2.76. The molecule has 0 radical (unpaired) electrons. The van der Waals surface area contributed by atoms with Gasteiger partial charge in [0.2, 0.25) is 0 Å². The van der Waals surface area contributed by atoms with Gasteiger partial charge in [-0.1, -0.05) is 0 Å². The van der Waals surface area contributed by atoms with E-state index >= 15 is 0 Å². The number of carbonyl (C=O) groups is 1. The number of hydrogen-bond donors (Lipinski definition) is 2. The summed E-state index contributed by atoms with van der Waals surface area (Å²) in [5.74, 6) is 1.20. The SMILES string of the molecule is COCCNCCNC(=O)c1ccc(OC2CCCC2)c(OC)c1.Cl. The number of methoxy groups -OCH3 is 2. The quantitative estimate of drug-likeness (QED) is 0.617. The molecule has 2 N–H and O–H groups in total. The Kier molecular flexibility index (Phi) is 10.3. The van der Waals surface area contributed by atoms with E-state index in [0.717, 1.165) is 19.4 Å². The molecule has 0 unspecified atom stereocenters. The lowest BCUT2D eigenvalue weighted by atomic mass is 10.2. The van der Waals surface area contributed by atoms with E-state index in [9.17, 15) is 4.79 Å². The van der Waals surface area contributed by atoms with Gasteiger partial charge in [-0.05, 0) is 43.9 Å². The lowest BCUT2D eigenvalue weighted by Gasteiger charge is -2.16. The first kappa shape index (κ1) is 21.5. The first-order valence-electron chi connectivity index (χ1n) is 8.57. The number of nitrogens with one attached hydrogen (secondary N) is 2. The number of halogens is 1. The van der Waals surface area contributed by atoms with Gasteiger partial charge in [-0.15, -0.1) is 12.4 Å². The Bertz CT molecular complexity index is 522. The van der Waals surface area contributed by atoms with Crippen molar-refractivity contribution >= 4 is 18.3 Å². The average molecular weight is 373 g/mol. The highest BCUT2D eigenvalue weighted by Crippen LogP contribution is 2.32. The molecule has 142 valence electrons. The molecule has 1 saturated carbocycles. The summed E-state index contributed by atoms with van der Waals surface area (Å²) >= 11 is 0. The Hall–Kier alpha value is -1.50. The van der Waals surface area contributed by atoms with Gasteiger partial charge in [-0.2, -0.15) is 0 Å². The van der Waals surface area contributed by atoms with Crippen molar-refractivity contribution in [1.82, 2.24) is 10.6 Å². The third-order valence-electron chi connectivity index (χ3n) is 4.09. The highest BCUT2D eigenvalue weighted by molar-refractivity contribution is 5.94. The van der Waals surface area contributed by atoms with Crippen LogP contribution in [0.4, 0.5) is 0 Å². The van der Waals surface area contributed by atoms with Crippen LogP contribution in [0.25, 0.3) is 0 Å². The van der Waals surface area contributed by atoms with E-state index in [1.165, 1.54) is 12.8 Å². The Labute approximate surface area is 156 Å². The zero-order valence-corrected chi connectivity index (χ0v) is 15.8. The Morgan fingerprint density at radius 3 is 2.56 bits per heavy atom. The van der Waals surface area contributed by atoms with Crippen molar-refractivity contribution in [1.29, 1.82) is 0 Å². The third-order valence-corrected chi connectivity index (χ3v) is 4.09. The average Bonchev–Trinajstić information content (AvgIpc) is 3.11. The van der Waals surface area contributed by atoms with E-state index in [-0.39, 0.29) is 24.4 Å². The van der Waals surface area contributed by atoms with E-state index in [0.29, 0.717) is 36.8 Å². The Morgan fingerprint density at radius 2 is 1.88 bits per heavy atom. The van der Waals surface area contributed by atoms with Crippen LogP contribution in [0.15, 0.2) is 18.2 Å². The largest absolute Gasteiger partial charge is 0.493 e. The molecule has 0 heterocycles. The highest BCUT2D eigenvalue weighted by atomic mass is 35.5. The minimum absolute atomic E-state index is 0. The minimum atomic E-state index is -0.116. The minimum Gasteiger partial charge on any atom is -0.493 e. The van der Waals surface area contributed by atoms with Crippen LogP contribution in [0.1, 0.15) is 36.0 Å². The molecule has 0 aromatic heterocycles. The summed E-state index contributed by atoms with van der Waals surface area (Å²) in [6.07, 6.45) is 4.86. The molecule has 1 amide bonds. The van der Waals surface area contributed by atoms with E-state index in [1.807, 2.05) is 6.07 Å². The van der Waals surface area contributed by atoms with Crippen LogP contribution in [0.5, 0.6) is 11.5 Å². The van der Waals surface area contributed by atoms with Crippen molar-refractivity contribution in [3.05, 3.63) is 23.8 Å². The molecule has 1 fully saturated rings. The summed E-state index contributed by atoms with van der Waals surface area (Å²) in [6.45, 7) is 2.70. The van der Waals surface area contributed by atoms with Gasteiger partial charge >= 0.3 is 0 Å². The van der Waals surface area contributed by atoms with Gasteiger partial charge in [0, 0.05) is 32.3 Å². The van der Waals surface area contributed by atoms with Crippen LogP contribution in [0.2, 0.25) is 0 Å². The molecule has 0 aliphatic heterocycles. The number of carbonyl (C=O) groups excluding carboxylic acids is 1. The number of benzene rings is 1. The topological polar surface area (TPSA) is 68.8 Å². The molecule has 0 bridgehead atoms. The highest BCUT2D eigenvalue weighted by Gasteiger charge is 2.19. The molecule has 25 heavy (non-hydrogen) atoms.